The van der Waals surface area contributed by atoms with Gasteiger partial charge in [-0.2, -0.15) is 0 Å². The lowest BCUT2D eigenvalue weighted by atomic mass is 10.3. The third-order valence-electron chi connectivity index (χ3n) is 2.07. The van der Waals surface area contributed by atoms with Crippen molar-refractivity contribution in [3.8, 4) is 5.75 Å². The maximum absolute atomic E-state index is 12.0. The Hall–Kier alpha value is -1.36. The molecule has 0 aliphatic rings. The van der Waals surface area contributed by atoms with E-state index >= 15 is 0 Å². The smallest absolute Gasteiger partial charge is 0.406 e. The molecule has 1 aromatic rings. The zero-order valence-corrected chi connectivity index (χ0v) is 10.8. The molecule has 0 saturated heterocycles. The van der Waals surface area contributed by atoms with Gasteiger partial charge in [0.25, 0.3) is 0 Å². The number of halogens is 3. The lowest BCUT2D eigenvalue weighted by Crippen LogP contribution is -2.33. The van der Waals surface area contributed by atoms with Gasteiger partial charge in [0.1, 0.15) is 5.75 Å². The van der Waals surface area contributed by atoms with Gasteiger partial charge in [0.2, 0.25) is 10.0 Å². The average Bonchev–Trinajstić information content (AvgIpc) is 2.34. The van der Waals surface area contributed by atoms with Crippen LogP contribution in [0, 0.1) is 0 Å². The predicted molar refractivity (Wildman–Crippen MR) is 61.4 cm³/mol. The highest BCUT2D eigenvalue weighted by molar-refractivity contribution is 7.89. The molecule has 0 heterocycles. The molecule has 0 aliphatic carbocycles. The van der Waals surface area contributed by atoms with E-state index in [4.69, 9.17) is 10.2 Å². The van der Waals surface area contributed by atoms with Crippen LogP contribution in [0.2, 0.25) is 0 Å². The second-order valence-corrected chi connectivity index (χ2v) is 5.48. The van der Waals surface area contributed by atoms with Crippen LogP contribution in [0.15, 0.2) is 29.2 Å². The quantitative estimate of drug-likeness (QED) is 0.698. The molecule has 1 unspecified atom stereocenters. The third-order valence-corrected chi connectivity index (χ3v) is 3.49. The molecule has 0 saturated carbocycles. The Morgan fingerprint density at radius 3 is 2.55 bits per heavy atom. The van der Waals surface area contributed by atoms with Crippen molar-refractivity contribution in [3.05, 3.63) is 24.3 Å². The highest BCUT2D eigenvalue weighted by Gasteiger charge is 2.31. The molecule has 3 N–H and O–H groups in total. The number of ether oxygens (including phenoxy) is 1. The minimum atomic E-state index is -4.93. The molecule has 0 radical (unpaired) electrons. The van der Waals surface area contributed by atoms with Gasteiger partial charge in [-0.25, -0.2) is 13.1 Å². The molecule has 0 fully saturated rings. The fourth-order valence-corrected chi connectivity index (χ4v) is 2.30. The molecule has 0 bridgehead atoms. The highest BCUT2D eigenvalue weighted by Crippen LogP contribution is 2.24. The third kappa shape index (κ3) is 5.33. The Bertz CT molecular complexity index is 546. The predicted octanol–water partition coefficient (Wildman–Crippen LogP) is 0.217. The van der Waals surface area contributed by atoms with E-state index in [1.54, 1.807) is 0 Å². The topological polar surface area (TPSA) is 95.9 Å². The summed E-state index contributed by atoms with van der Waals surface area (Å²) in [6, 6.07) is 3.80. The monoisotopic (exact) mass is 315 g/mol. The zero-order valence-electron chi connectivity index (χ0n) is 9.96. The highest BCUT2D eigenvalue weighted by atomic mass is 32.2. The molecule has 0 aromatic heterocycles. The van der Waals surface area contributed by atoms with Crippen molar-refractivity contribution in [2.24, 2.45) is 0 Å². The number of alkyl halides is 3. The van der Waals surface area contributed by atoms with E-state index in [9.17, 15) is 21.6 Å². The van der Waals surface area contributed by atoms with Crippen LogP contribution in [0.1, 0.15) is 0 Å². The number of benzene rings is 1. The van der Waals surface area contributed by atoms with Gasteiger partial charge in [0, 0.05) is 12.6 Å². The molecule has 6 nitrogen and oxygen atoms in total. The van der Waals surface area contributed by atoms with E-state index < -0.39 is 46.3 Å². The van der Waals surface area contributed by atoms with Gasteiger partial charge >= 0.3 is 6.36 Å². The Kier molecular flexibility index (Phi) is 5.34. The minimum absolute atomic E-state index is 0.454. The number of nitrogens with one attached hydrogen (secondary N) is 1. The van der Waals surface area contributed by atoms with Crippen molar-refractivity contribution in [2.45, 2.75) is 17.4 Å². The van der Waals surface area contributed by atoms with Gasteiger partial charge in [-0.15, -0.1) is 13.2 Å². The molecule has 0 spiro atoms. The maximum atomic E-state index is 12.0. The van der Waals surface area contributed by atoms with E-state index in [-0.39, 0.29) is 0 Å². The summed E-state index contributed by atoms with van der Waals surface area (Å²) in [6.45, 7) is -1.12. The molecular weight excluding hydrogens is 303 g/mol. The van der Waals surface area contributed by atoms with Crippen molar-refractivity contribution in [1.29, 1.82) is 0 Å². The number of rotatable bonds is 6. The lowest BCUT2D eigenvalue weighted by molar-refractivity contribution is -0.274. The lowest BCUT2D eigenvalue weighted by Gasteiger charge is -2.12. The first kappa shape index (κ1) is 16.7. The Morgan fingerprint density at radius 1 is 1.35 bits per heavy atom. The van der Waals surface area contributed by atoms with E-state index in [2.05, 4.69) is 4.74 Å². The van der Waals surface area contributed by atoms with Gasteiger partial charge in [0.05, 0.1) is 17.6 Å². The summed E-state index contributed by atoms with van der Waals surface area (Å²) in [7, 11) is -4.11. The normalized spacial score (nSPS) is 14.1. The van der Waals surface area contributed by atoms with Gasteiger partial charge in [-0.3, -0.25) is 0 Å². The fourth-order valence-electron chi connectivity index (χ4n) is 1.19. The first-order chi connectivity index (χ1) is 9.14. The summed E-state index contributed by atoms with van der Waals surface area (Å²) < 4.78 is 65.1. The van der Waals surface area contributed by atoms with Gasteiger partial charge in [0.15, 0.2) is 0 Å². The number of hydrogen-bond donors (Lipinski definition) is 3. The SMILES string of the molecule is O=S(=O)(NCC(O)CO)c1cccc(OC(F)(F)F)c1. The summed E-state index contributed by atoms with van der Waals surface area (Å²) in [5.74, 6) is -0.678. The van der Waals surface area contributed by atoms with E-state index in [0.717, 1.165) is 18.2 Å². The van der Waals surface area contributed by atoms with Crippen LogP contribution < -0.4 is 9.46 Å². The van der Waals surface area contributed by atoms with Crippen LogP contribution in [0.25, 0.3) is 0 Å². The van der Waals surface area contributed by atoms with Crippen LogP contribution in [-0.4, -0.2) is 44.2 Å². The molecule has 0 amide bonds. The Balaban J connectivity index is 2.88. The van der Waals surface area contributed by atoms with Crippen LogP contribution in [-0.2, 0) is 10.0 Å². The molecule has 20 heavy (non-hydrogen) atoms. The molecular formula is C10H12F3NO5S. The molecule has 0 aliphatic heterocycles. The number of hydrogen-bond acceptors (Lipinski definition) is 5. The number of aliphatic hydroxyl groups is 2. The van der Waals surface area contributed by atoms with E-state index in [0.29, 0.717) is 6.07 Å². The number of aliphatic hydroxyl groups excluding tert-OH is 2. The second-order valence-electron chi connectivity index (χ2n) is 3.71. The average molecular weight is 315 g/mol. The van der Waals surface area contributed by atoms with E-state index in [1.807, 2.05) is 4.72 Å². The first-order valence-corrected chi connectivity index (χ1v) is 6.77. The van der Waals surface area contributed by atoms with Gasteiger partial charge in [-0.1, -0.05) is 6.07 Å². The van der Waals surface area contributed by atoms with Crippen molar-refractivity contribution in [1.82, 2.24) is 4.72 Å². The largest absolute Gasteiger partial charge is 0.573 e. The first-order valence-electron chi connectivity index (χ1n) is 5.28. The zero-order chi connectivity index (χ0) is 15.4. The standard InChI is InChI=1S/C10H12F3NO5S/c11-10(12,13)19-8-2-1-3-9(4-8)20(17,18)14-5-7(16)6-15/h1-4,7,14-16H,5-6H2. The molecule has 1 aromatic carbocycles. The maximum Gasteiger partial charge on any atom is 0.573 e. The van der Waals surface area contributed by atoms with Crippen molar-refractivity contribution in [3.63, 3.8) is 0 Å². The summed E-state index contributed by atoms with van der Waals surface area (Å²) in [5, 5.41) is 17.6. The minimum Gasteiger partial charge on any atom is -0.406 e. The molecule has 1 rings (SSSR count). The van der Waals surface area contributed by atoms with Crippen LogP contribution in [0.5, 0.6) is 5.75 Å². The summed E-state index contributed by atoms with van der Waals surface area (Å²) in [4.78, 5) is -0.454. The summed E-state index contributed by atoms with van der Waals surface area (Å²) in [6.07, 6.45) is -6.23. The molecule has 10 heteroatoms. The molecule has 1 atom stereocenters. The summed E-state index contributed by atoms with van der Waals surface area (Å²) in [5.41, 5.74) is 0. The second kappa shape index (κ2) is 6.39. The van der Waals surface area contributed by atoms with E-state index in [1.165, 1.54) is 0 Å². The summed E-state index contributed by atoms with van der Waals surface area (Å²) >= 11 is 0. The Labute approximate surface area is 112 Å². The van der Waals surface area contributed by atoms with Crippen molar-refractivity contribution in [2.75, 3.05) is 13.2 Å². The molecule has 114 valence electrons. The van der Waals surface area contributed by atoms with Crippen LogP contribution >= 0.6 is 0 Å². The van der Waals surface area contributed by atoms with Gasteiger partial charge in [-0.05, 0) is 12.1 Å². The van der Waals surface area contributed by atoms with Crippen molar-refractivity contribution >= 4 is 10.0 Å². The Morgan fingerprint density at radius 2 is 2.00 bits per heavy atom. The number of sulfonamides is 1. The van der Waals surface area contributed by atoms with Crippen molar-refractivity contribution < 1.29 is 36.5 Å². The van der Waals surface area contributed by atoms with Crippen LogP contribution in [0.4, 0.5) is 13.2 Å². The van der Waals surface area contributed by atoms with Crippen LogP contribution in [0.3, 0.4) is 0 Å². The fraction of sp³-hybridized carbons (Fsp3) is 0.400. The van der Waals surface area contributed by atoms with Gasteiger partial charge < -0.3 is 14.9 Å².